The SMILES string of the molecule is O=S(=O)(OC1=CC2CC1C=C2OS(=O)(=O)C(F)(F)F)C(F)(F)F. The smallest absolute Gasteiger partial charge is 0.380 e. The van der Waals surface area contributed by atoms with Crippen LogP contribution in [0.3, 0.4) is 0 Å². The Labute approximate surface area is 125 Å². The summed E-state index contributed by atoms with van der Waals surface area (Å²) in [6.45, 7) is 0. The third-order valence-corrected chi connectivity index (χ3v) is 4.91. The lowest BCUT2D eigenvalue weighted by Crippen LogP contribution is -2.27. The molecule has 0 fully saturated rings. The molecule has 2 unspecified atom stereocenters. The second kappa shape index (κ2) is 5.03. The monoisotopic (exact) mass is 388 g/mol. The summed E-state index contributed by atoms with van der Waals surface area (Å²) in [6, 6.07) is 0. The Morgan fingerprint density at radius 1 is 0.783 bits per heavy atom. The second-order valence-electron chi connectivity index (χ2n) is 4.55. The quantitative estimate of drug-likeness (QED) is 0.417. The Morgan fingerprint density at radius 3 is 1.30 bits per heavy atom. The van der Waals surface area contributed by atoms with Crippen molar-refractivity contribution in [2.45, 2.75) is 17.4 Å². The summed E-state index contributed by atoms with van der Waals surface area (Å²) in [5, 5.41) is 0. The van der Waals surface area contributed by atoms with E-state index >= 15 is 0 Å². The zero-order valence-electron chi connectivity index (χ0n) is 10.6. The highest BCUT2D eigenvalue weighted by Crippen LogP contribution is 2.46. The molecule has 0 N–H and O–H groups in total. The molecule has 0 amide bonds. The molecule has 0 aromatic rings. The highest BCUT2D eigenvalue weighted by Gasteiger charge is 2.53. The average molecular weight is 388 g/mol. The molecule has 0 heterocycles. The Bertz CT molecular complexity index is 706. The van der Waals surface area contributed by atoms with Gasteiger partial charge in [0, 0.05) is 11.8 Å². The fourth-order valence-corrected chi connectivity index (χ4v) is 3.03. The minimum absolute atomic E-state index is 0.161. The molecule has 0 spiro atoms. The van der Waals surface area contributed by atoms with Crippen LogP contribution in [0, 0.1) is 11.8 Å². The number of rotatable bonds is 4. The maximum absolute atomic E-state index is 12.2. The summed E-state index contributed by atoms with van der Waals surface area (Å²) in [4.78, 5) is 0. The summed E-state index contributed by atoms with van der Waals surface area (Å²) in [5.41, 5.74) is -11.3. The van der Waals surface area contributed by atoms with Gasteiger partial charge in [-0.05, 0) is 18.6 Å². The molecule has 2 rings (SSSR count). The van der Waals surface area contributed by atoms with Crippen molar-refractivity contribution in [2.24, 2.45) is 11.8 Å². The molecule has 14 heteroatoms. The van der Waals surface area contributed by atoms with Crippen molar-refractivity contribution >= 4 is 20.2 Å². The highest BCUT2D eigenvalue weighted by molar-refractivity contribution is 7.88. The van der Waals surface area contributed by atoms with Crippen molar-refractivity contribution in [2.75, 3.05) is 0 Å². The molecule has 0 saturated heterocycles. The van der Waals surface area contributed by atoms with Crippen molar-refractivity contribution in [1.82, 2.24) is 0 Å². The topological polar surface area (TPSA) is 86.7 Å². The van der Waals surface area contributed by atoms with Gasteiger partial charge in [0.1, 0.15) is 11.5 Å². The number of allylic oxidation sites excluding steroid dienone is 2. The van der Waals surface area contributed by atoms with Crippen molar-refractivity contribution in [3.63, 3.8) is 0 Å². The van der Waals surface area contributed by atoms with E-state index in [0.29, 0.717) is 0 Å². The summed E-state index contributed by atoms with van der Waals surface area (Å²) in [6.07, 6.45) is 1.38. The van der Waals surface area contributed by atoms with Crippen molar-refractivity contribution in [3.8, 4) is 0 Å². The van der Waals surface area contributed by atoms with Gasteiger partial charge in [-0.2, -0.15) is 43.2 Å². The van der Waals surface area contributed by atoms with E-state index in [-0.39, 0.29) is 6.42 Å². The molecule has 0 radical (unpaired) electrons. The summed E-state index contributed by atoms with van der Waals surface area (Å²) < 4.78 is 124. The zero-order valence-corrected chi connectivity index (χ0v) is 12.2. The van der Waals surface area contributed by atoms with Crippen LogP contribution in [0.5, 0.6) is 0 Å². The van der Waals surface area contributed by atoms with Crippen LogP contribution in [0.1, 0.15) is 6.42 Å². The molecule has 2 aliphatic carbocycles. The molecule has 6 nitrogen and oxygen atoms in total. The van der Waals surface area contributed by atoms with Gasteiger partial charge in [0.05, 0.1) is 0 Å². The van der Waals surface area contributed by atoms with E-state index in [1.54, 1.807) is 0 Å². The van der Waals surface area contributed by atoms with Gasteiger partial charge in [-0.3, -0.25) is 0 Å². The van der Waals surface area contributed by atoms with E-state index in [1.165, 1.54) is 0 Å². The number of hydrogen-bond acceptors (Lipinski definition) is 6. The molecular formula is C9H6F6O6S2. The lowest BCUT2D eigenvalue weighted by molar-refractivity contribution is -0.0531. The Balaban J connectivity index is 2.13. The van der Waals surface area contributed by atoms with Gasteiger partial charge >= 0.3 is 31.3 Å². The second-order valence-corrected chi connectivity index (χ2v) is 7.63. The molecule has 132 valence electrons. The molecular weight excluding hydrogens is 382 g/mol. The number of halogens is 6. The first kappa shape index (κ1) is 17.9. The van der Waals surface area contributed by atoms with Gasteiger partial charge < -0.3 is 8.37 Å². The number of alkyl halides is 6. The Morgan fingerprint density at radius 2 is 1.09 bits per heavy atom. The first-order valence-corrected chi connectivity index (χ1v) is 8.40. The fourth-order valence-electron chi connectivity index (χ4n) is 1.98. The normalized spacial score (nSPS) is 25.1. The number of hydrogen-bond donors (Lipinski definition) is 0. The van der Waals surface area contributed by atoms with E-state index in [9.17, 15) is 43.2 Å². The summed E-state index contributed by atoms with van der Waals surface area (Å²) in [5.74, 6) is -3.56. The van der Waals surface area contributed by atoms with E-state index in [2.05, 4.69) is 8.37 Å². The summed E-state index contributed by atoms with van der Waals surface area (Å²) in [7, 11) is -11.8. The van der Waals surface area contributed by atoms with E-state index in [4.69, 9.17) is 0 Å². The van der Waals surface area contributed by atoms with Gasteiger partial charge in [0.2, 0.25) is 0 Å². The van der Waals surface area contributed by atoms with Crippen LogP contribution in [0.25, 0.3) is 0 Å². The Kier molecular flexibility index (Phi) is 3.91. The minimum Gasteiger partial charge on any atom is -0.380 e. The van der Waals surface area contributed by atoms with E-state index in [1.807, 2.05) is 0 Å². The fraction of sp³-hybridized carbons (Fsp3) is 0.556. The minimum atomic E-state index is -5.92. The number of fused-ring (bicyclic) bond motifs is 2. The molecule has 2 atom stereocenters. The highest BCUT2D eigenvalue weighted by atomic mass is 32.2. The molecule has 2 aliphatic rings. The third-order valence-electron chi connectivity index (χ3n) is 2.95. The van der Waals surface area contributed by atoms with Gasteiger partial charge in [0.25, 0.3) is 0 Å². The molecule has 2 bridgehead atoms. The molecule has 0 aliphatic heterocycles. The van der Waals surface area contributed by atoms with Crippen LogP contribution < -0.4 is 0 Å². The third kappa shape index (κ3) is 3.27. The first-order valence-electron chi connectivity index (χ1n) is 5.59. The van der Waals surface area contributed by atoms with Gasteiger partial charge in [-0.15, -0.1) is 0 Å². The van der Waals surface area contributed by atoms with Crippen molar-refractivity contribution < 1.29 is 51.5 Å². The zero-order chi connectivity index (χ0) is 17.8. The molecule has 23 heavy (non-hydrogen) atoms. The van der Waals surface area contributed by atoms with E-state index in [0.717, 1.165) is 12.2 Å². The van der Waals surface area contributed by atoms with E-state index < -0.39 is 54.6 Å². The predicted octanol–water partition coefficient (Wildman–Crippen LogP) is 2.14. The van der Waals surface area contributed by atoms with Crippen LogP contribution in [-0.2, 0) is 28.6 Å². The standard InChI is InChI=1S/C9H6F6O6S2/c10-8(11,12)22(16,17)20-6-2-4-1-5(6)3-7(4)21-23(18,19)9(13,14)15/h2-5H,1H2. The molecule has 0 aromatic heterocycles. The van der Waals surface area contributed by atoms with Crippen LogP contribution in [0.15, 0.2) is 23.7 Å². The predicted molar refractivity (Wildman–Crippen MR) is 59.9 cm³/mol. The lowest BCUT2D eigenvalue weighted by atomic mass is 10.1. The van der Waals surface area contributed by atoms with Crippen molar-refractivity contribution in [1.29, 1.82) is 0 Å². The summed E-state index contributed by atoms with van der Waals surface area (Å²) >= 11 is 0. The molecule has 0 saturated carbocycles. The Hall–Kier alpha value is -1.44. The van der Waals surface area contributed by atoms with Crippen LogP contribution in [0.2, 0.25) is 0 Å². The molecule has 0 aromatic carbocycles. The van der Waals surface area contributed by atoms with Crippen LogP contribution in [0.4, 0.5) is 26.3 Å². The van der Waals surface area contributed by atoms with Gasteiger partial charge in [0.15, 0.2) is 0 Å². The average Bonchev–Trinajstić information content (AvgIpc) is 2.83. The lowest BCUT2D eigenvalue weighted by Gasteiger charge is -2.16. The van der Waals surface area contributed by atoms with Crippen molar-refractivity contribution in [3.05, 3.63) is 23.7 Å². The maximum Gasteiger partial charge on any atom is 0.534 e. The first-order chi connectivity index (χ1) is 10.1. The maximum atomic E-state index is 12.2. The van der Waals surface area contributed by atoms with Gasteiger partial charge in [-0.25, -0.2) is 0 Å². The van der Waals surface area contributed by atoms with Crippen LogP contribution >= 0.6 is 0 Å². The largest absolute Gasteiger partial charge is 0.534 e. The van der Waals surface area contributed by atoms with Crippen LogP contribution in [-0.4, -0.2) is 27.9 Å². The van der Waals surface area contributed by atoms with Gasteiger partial charge in [-0.1, -0.05) is 0 Å².